The lowest BCUT2D eigenvalue weighted by Crippen LogP contribution is -2.36. The van der Waals surface area contributed by atoms with Crippen LogP contribution in [0.1, 0.15) is 25.0 Å². The van der Waals surface area contributed by atoms with Gasteiger partial charge in [-0.15, -0.1) is 0 Å². The zero-order chi connectivity index (χ0) is 17.2. The maximum absolute atomic E-state index is 12.5. The Morgan fingerprint density at radius 3 is 2.75 bits per heavy atom. The summed E-state index contributed by atoms with van der Waals surface area (Å²) in [5, 5.41) is 4.33. The molecule has 2 aliphatic rings. The Balaban J connectivity index is 1.62. The topological polar surface area (TPSA) is 81.5 Å². The average molecular weight is 355 g/mol. The van der Waals surface area contributed by atoms with Gasteiger partial charge in [-0.2, -0.15) is 5.10 Å². The van der Waals surface area contributed by atoms with Gasteiger partial charge in [-0.1, -0.05) is 0 Å². The van der Waals surface area contributed by atoms with Crippen molar-refractivity contribution in [3.8, 4) is 0 Å². The highest BCUT2D eigenvalue weighted by atomic mass is 32.2. The second-order valence-corrected chi connectivity index (χ2v) is 9.27. The molecule has 134 valence electrons. The number of nitrogens with zero attached hydrogens (tertiary/aromatic N) is 3. The van der Waals surface area contributed by atoms with Crippen molar-refractivity contribution in [2.75, 3.05) is 31.8 Å². The van der Waals surface area contributed by atoms with Crippen LogP contribution in [-0.4, -0.2) is 60.8 Å². The number of sulfone groups is 1. The Morgan fingerprint density at radius 2 is 2.04 bits per heavy atom. The predicted octanol–water partition coefficient (Wildman–Crippen LogP) is 0.703. The van der Waals surface area contributed by atoms with Gasteiger partial charge < -0.3 is 9.64 Å². The number of rotatable bonds is 7. The standard InChI is InChI=1S/C16H25N3O4S/c1-24(21,22)7-5-16(20)18-8-14(12-23-11-13-2-3-13)9-19-15(10-18)4-6-17-19/h4,6,13-14H,2-3,5,7-12H2,1H3. The Kier molecular flexibility index (Phi) is 5.24. The molecule has 1 fully saturated rings. The summed E-state index contributed by atoms with van der Waals surface area (Å²) in [5.41, 5.74) is 0.979. The van der Waals surface area contributed by atoms with Crippen molar-refractivity contribution in [1.82, 2.24) is 14.7 Å². The number of fused-ring (bicyclic) bond motifs is 1. The van der Waals surface area contributed by atoms with E-state index >= 15 is 0 Å². The lowest BCUT2D eigenvalue weighted by Gasteiger charge is -2.24. The van der Waals surface area contributed by atoms with E-state index in [1.165, 1.54) is 12.8 Å². The monoisotopic (exact) mass is 355 g/mol. The fourth-order valence-corrected chi connectivity index (χ4v) is 3.49. The Labute approximate surface area is 142 Å². The molecule has 1 aliphatic carbocycles. The molecular formula is C16H25N3O4S. The Bertz CT molecular complexity index is 681. The Hall–Kier alpha value is -1.41. The molecule has 1 saturated carbocycles. The summed E-state index contributed by atoms with van der Waals surface area (Å²) in [5.74, 6) is 0.655. The van der Waals surface area contributed by atoms with E-state index in [2.05, 4.69) is 5.10 Å². The van der Waals surface area contributed by atoms with Gasteiger partial charge in [0.05, 0.1) is 24.6 Å². The van der Waals surface area contributed by atoms with E-state index in [4.69, 9.17) is 4.74 Å². The molecule has 0 aromatic carbocycles. The van der Waals surface area contributed by atoms with Gasteiger partial charge in [0.25, 0.3) is 0 Å². The second kappa shape index (κ2) is 7.23. The summed E-state index contributed by atoms with van der Waals surface area (Å²) in [4.78, 5) is 14.2. The van der Waals surface area contributed by atoms with Crippen molar-refractivity contribution < 1.29 is 17.9 Å². The summed E-state index contributed by atoms with van der Waals surface area (Å²) in [6, 6.07) is 1.91. The van der Waals surface area contributed by atoms with Crippen molar-refractivity contribution in [1.29, 1.82) is 0 Å². The number of hydrogen-bond acceptors (Lipinski definition) is 5. The molecule has 7 nitrogen and oxygen atoms in total. The van der Waals surface area contributed by atoms with Gasteiger partial charge in [-0.3, -0.25) is 9.48 Å². The molecular weight excluding hydrogens is 330 g/mol. The first-order valence-corrected chi connectivity index (χ1v) is 10.5. The number of hydrogen-bond donors (Lipinski definition) is 0. The molecule has 0 N–H and O–H groups in total. The molecule has 1 aromatic rings. The summed E-state index contributed by atoms with van der Waals surface area (Å²) in [6.07, 6.45) is 5.44. The summed E-state index contributed by atoms with van der Waals surface area (Å²) < 4.78 is 30.4. The van der Waals surface area contributed by atoms with Crippen LogP contribution < -0.4 is 0 Å². The molecule has 0 radical (unpaired) electrons. The molecule has 2 heterocycles. The quantitative estimate of drug-likeness (QED) is 0.719. The van der Waals surface area contributed by atoms with Gasteiger partial charge in [-0.05, 0) is 24.8 Å². The van der Waals surface area contributed by atoms with E-state index in [-0.39, 0.29) is 24.0 Å². The number of ether oxygens (including phenoxy) is 1. The lowest BCUT2D eigenvalue weighted by atomic mass is 10.1. The molecule has 1 unspecified atom stereocenters. The van der Waals surface area contributed by atoms with Crippen molar-refractivity contribution in [3.63, 3.8) is 0 Å². The van der Waals surface area contributed by atoms with Crippen LogP contribution >= 0.6 is 0 Å². The molecule has 1 aliphatic heterocycles. The van der Waals surface area contributed by atoms with Crippen molar-refractivity contribution in [2.24, 2.45) is 11.8 Å². The molecule has 0 bridgehead atoms. The van der Waals surface area contributed by atoms with Crippen molar-refractivity contribution in [3.05, 3.63) is 18.0 Å². The third-order valence-electron chi connectivity index (χ3n) is 4.51. The van der Waals surface area contributed by atoms with Crippen LogP contribution in [0.2, 0.25) is 0 Å². The Morgan fingerprint density at radius 1 is 1.29 bits per heavy atom. The van der Waals surface area contributed by atoms with Crippen LogP contribution in [0.15, 0.2) is 12.3 Å². The molecule has 8 heteroatoms. The number of amides is 1. The van der Waals surface area contributed by atoms with E-state index in [0.717, 1.165) is 25.1 Å². The van der Waals surface area contributed by atoms with Crippen LogP contribution in [0.25, 0.3) is 0 Å². The highest BCUT2D eigenvalue weighted by Crippen LogP contribution is 2.29. The lowest BCUT2D eigenvalue weighted by molar-refractivity contribution is -0.132. The third-order valence-corrected chi connectivity index (χ3v) is 5.46. The minimum Gasteiger partial charge on any atom is -0.381 e. The van der Waals surface area contributed by atoms with Gasteiger partial charge in [0.1, 0.15) is 9.84 Å². The van der Waals surface area contributed by atoms with Crippen LogP contribution in [0.4, 0.5) is 0 Å². The van der Waals surface area contributed by atoms with Crippen molar-refractivity contribution in [2.45, 2.75) is 32.4 Å². The average Bonchev–Trinajstić information content (AvgIpc) is 3.26. The van der Waals surface area contributed by atoms with Gasteiger partial charge in [0.2, 0.25) is 5.91 Å². The number of carbonyl (C=O) groups excluding carboxylic acids is 1. The van der Waals surface area contributed by atoms with Crippen LogP contribution in [0.5, 0.6) is 0 Å². The SMILES string of the molecule is CS(=O)(=O)CCC(=O)N1Cc2ccnn2CC(COCC2CC2)C1. The van der Waals surface area contributed by atoms with E-state index in [1.54, 1.807) is 11.1 Å². The van der Waals surface area contributed by atoms with E-state index < -0.39 is 9.84 Å². The first kappa shape index (κ1) is 17.4. The zero-order valence-electron chi connectivity index (χ0n) is 14.1. The minimum atomic E-state index is -3.14. The number of carbonyl (C=O) groups is 1. The molecule has 1 atom stereocenters. The maximum atomic E-state index is 12.5. The van der Waals surface area contributed by atoms with Crippen LogP contribution in [0.3, 0.4) is 0 Å². The highest BCUT2D eigenvalue weighted by molar-refractivity contribution is 7.90. The first-order chi connectivity index (χ1) is 11.4. The highest BCUT2D eigenvalue weighted by Gasteiger charge is 2.27. The van der Waals surface area contributed by atoms with Crippen LogP contribution in [-0.2, 0) is 32.5 Å². The molecule has 1 amide bonds. The van der Waals surface area contributed by atoms with E-state index in [1.807, 2.05) is 10.7 Å². The second-order valence-electron chi connectivity index (χ2n) is 7.01. The normalized spacial score (nSPS) is 21.4. The molecule has 1 aromatic heterocycles. The number of aromatic nitrogens is 2. The fraction of sp³-hybridized carbons (Fsp3) is 0.750. The summed E-state index contributed by atoms with van der Waals surface area (Å²) in [6.45, 7) is 3.18. The predicted molar refractivity (Wildman–Crippen MR) is 89.0 cm³/mol. The zero-order valence-corrected chi connectivity index (χ0v) is 14.9. The van der Waals surface area contributed by atoms with E-state index in [0.29, 0.717) is 25.6 Å². The van der Waals surface area contributed by atoms with Crippen LogP contribution in [0, 0.1) is 11.8 Å². The van der Waals surface area contributed by atoms with Crippen molar-refractivity contribution >= 4 is 15.7 Å². The minimum absolute atomic E-state index is 0.0304. The first-order valence-electron chi connectivity index (χ1n) is 8.44. The van der Waals surface area contributed by atoms with Gasteiger partial charge in [0, 0.05) is 44.5 Å². The van der Waals surface area contributed by atoms with E-state index in [9.17, 15) is 13.2 Å². The fourth-order valence-electron chi connectivity index (χ4n) is 2.94. The van der Waals surface area contributed by atoms with Gasteiger partial charge >= 0.3 is 0 Å². The van der Waals surface area contributed by atoms with Gasteiger partial charge in [0.15, 0.2) is 0 Å². The molecule has 0 spiro atoms. The molecule has 24 heavy (non-hydrogen) atoms. The largest absolute Gasteiger partial charge is 0.381 e. The summed E-state index contributed by atoms with van der Waals surface area (Å²) in [7, 11) is -3.14. The maximum Gasteiger partial charge on any atom is 0.223 e. The third kappa shape index (κ3) is 5.04. The van der Waals surface area contributed by atoms with Gasteiger partial charge in [-0.25, -0.2) is 8.42 Å². The smallest absolute Gasteiger partial charge is 0.223 e. The summed E-state index contributed by atoms with van der Waals surface area (Å²) >= 11 is 0. The molecule has 3 rings (SSSR count). The molecule has 0 saturated heterocycles.